The summed E-state index contributed by atoms with van der Waals surface area (Å²) in [6.07, 6.45) is 15.6. The zero-order chi connectivity index (χ0) is 21.0. The van der Waals surface area contributed by atoms with Crippen LogP contribution < -0.4 is 11.1 Å². The molecule has 0 spiro atoms. The van der Waals surface area contributed by atoms with Crippen molar-refractivity contribution in [3.63, 3.8) is 0 Å². The van der Waals surface area contributed by atoms with Gasteiger partial charge < -0.3 is 11.1 Å². The molecule has 3 aliphatic rings. The molecule has 3 nitrogen and oxygen atoms in total. The summed E-state index contributed by atoms with van der Waals surface area (Å²) < 4.78 is 0. The number of hydrogen-bond acceptors (Lipinski definition) is 2. The summed E-state index contributed by atoms with van der Waals surface area (Å²) in [4.78, 5) is 12.7. The third-order valence-electron chi connectivity index (χ3n) is 8.94. The van der Waals surface area contributed by atoms with Crippen LogP contribution in [-0.4, -0.2) is 18.5 Å². The predicted octanol–water partition coefficient (Wildman–Crippen LogP) is 5.72. The van der Waals surface area contributed by atoms with Crippen molar-refractivity contribution in [1.82, 2.24) is 5.32 Å². The molecule has 30 heavy (non-hydrogen) atoms. The van der Waals surface area contributed by atoms with Crippen molar-refractivity contribution in [2.24, 2.45) is 23.0 Å². The minimum Gasteiger partial charge on any atom is -0.353 e. The van der Waals surface area contributed by atoms with E-state index >= 15 is 0 Å². The van der Waals surface area contributed by atoms with Gasteiger partial charge in [0.05, 0.1) is 0 Å². The van der Waals surface area contributed by atoms with Crippen LogP contribution in [0.25, 0.3) is 0 Å². The van der Waals surface area contributed by atoms with Crippen molar-refractivity contribution in [1.29, 1.82) is 0 Å². The molecule has 0 heterocycles. The fourth-order valence-electron chi connectivity index (χ4n) is 7.27. The van der Waals surface area contributed by atoms with Crippen LogP contribution in [-0.2, 0) is 10.2 Å². The van der Waals surface area contributed by atoms with Crippen molar-refractivity contribution in [3.8, 4) is 0 Å². The predicted molar refractivity (Wildman–Crippen MR) is 124 cm³/mol. The minimum absolute atomic E-state index is 0.279. The van der Waals surface area contributed by atoms with E-state index in [1.807, 2.05) is 0 Å². The van der Waals surface area contributed by atoms with Gasteiger partial charge in [0.25, 0.3) is 0 Å². The summed E-state index contributed by atoms with van der Waals surface area (Å²) in [6.45, 7) is 3.19. The van der Waals surface area contributed by atoms with Crippen LogP contribution in [0.15, 0.2) is 30.3 Å². The Hall–Kier alpha value is -1.35. The van der Waals surface area contributed by atoms with Crippen LogP contribution in [0, 0.1) is 17.3 Å². The van der Waals surface area contributed by atoms with E-state index in [9.17, 15) is 4.79 Å². The molecule has 1 aromatic rings. The Morgan fingerprint density at radius 1 is 1.07 bits per heavy atom. The van der Waals surface area contributed by atoms with E-state index < -0.39 is 0 Å². The zero-order valence-corrected chi connectivity index (χ0v) is 19.0. The van der Waals surface area contributed by atoms with Gasteiger partial charge in [0.15, 0.2) is 0 Å². The van der Waals surface area contributed by atoms with Gasteiger partial charge in [-0.25, -0.2) is 0 Å². The molecule has 2 bridgehead atoms. The number of hydrogen-bond donors (Lipinski definition) is 2. The standard InChI is InChI=1S/C27H42N2O/c1-2-26-15-6-16-27(20-26,23-7-4-3-5-8-23)18-22(17-26)11-14-25(30)29-24-12-9-21(19-28)10-13-24/h3-5,7-8,21-22,24H,2,6,9-20,28H2,1H3,(H,29,30). The fourth-order valence-corrected chi connectivity index (χ4v) is 7.27. The van der Waals surface area contributed by atoms with Crippen LogP contribution in [0.1, 0.15) is 96.0 Å². The number of amides is 1. The summed E-state index contributed by atoms with van der Waals surface area (Å²) in [6, 6.07) is 11.7. The van der Waals surface area contributed by atoms with E-state index in [1.165, 1.54) is 57.8 Å². The molecule has 4 rings (SSSR count). The minimum atomic E-state index is 0.279. The molecule has 0 aliphatic heterocycles. The van der Waals surface area contributed by atoms with Gasteiger partial charge >= 0.3 is 0 Å². The van der Waals surface area contributed by atoms with Crippen molar-refractivity contribution >= 4 is 5.91 Å². The van der Waals surface area contributed by atoms with E-state index in [0.29, 0.717) is 35.1 Å². The maximum absolute atomic E-state index is 12.7. The lowest BCUT2D eigenvalue weighted by atomic mass is 9.49. The van der Waals surface area contributed by atoms with Gasteiger partial charge in [-0.1, -0.05) is 50.1 Å². The Balaban J connectivity index is 1.36. The first-order chi connectivity index (χ1) is 14.6. The molecule has 3 N–H and O–H groups in total. The highest BCUT2D eigenvalue weighted by atomic mass is 16.1. The molecule has 166 valence electrons. The summed E-state index contributed by atoms with van der Waals surface area (Å²) in [5, 5.41) is 3.34. The van der Waals surface area contributed by atoms with Gasteiger partial charge in [0.2, 0.25) is 5.91 Å². The maximum Gasteiger partial charge on any atom is 0.220 e. The smallest absolute Gasteiger partial charge is 0.220 e. The summed E-state index contributed by atoms with van der Waals surface area (Å²) in [7, 11) is 0. The van der Waals surface area contributed by atoms with Crippen LogP contribution in [0.4, 0.5) is 0 Å². The molecule has 3 saturated carbocycles. The summed E-state index contributed by atoms with van der Waals surface area (Å²) in [5.74, 6) is 1.62. The first kappa shape index (κ1) is 21.9. The number of nitrogens with two attached hydrogens (primary N) is 1. The second-order valence-electron chi connectivity index (χ2n) is 10.9. The van der Waals surface area contributed by atoms with Crippen LogP contribution >= 0.6 is 0 Å². The lowest BCUT2D eigenvalue weighted by molar-refractivity contribution is -0.122. The van der Waals surface area contributed by atoms with Gasteiger partial charge in [-0.2, -0.15) is 0 Å². The van der Waals surface area contributed by atoms with Gasteiger partial charge in [-0.15, -0.1) is 0 Å². The molecular weight excluding hydrogens is 368 g/mol. The largest absolute Gasteiger partial charge is 0.353 e. The van der Waals surface area contributed by atoms with E-state index in [-0.39, 0.29) is 5.91 Å². The SMILES string of the molecule is CCC12CCCC(c3ccccc3)(CC(CCC(=O)NC3CCC(CN)CC3)C1)C2. The second-order valence-corrected chi connectivity index (χ2v) is 10.9. The number of fused-ring (bicyclic) bond motifs is 2. The first-order valence-corrected chi connectivity index (χ1v) is 12.6. The monoisotopic (exact) mass is 410 g/mol. The highest BCUT2D eigenvalue weighted by Crippen LogP contribution is 2.60. The topological polar surface area (TPSA) is 55.1 Å². The quantitative estimate of drug-likeness (QED) is 0.604. The van der Waals surface area contributed by atoms with Crippen molar-refractivity contribution in [2.45, 2.75) is 102 Å². The Kier molecular flexibility index (Phi) is 6.87. The van der Waals surface area contributed by atoms with E-state index in [1.54, 1.807) is 5.56 Å². The Morgan fingerprint density at radius 2 is 1.83 bits per heavy atom. The normalized spacial score (nSPS) is 36.3. The Bertz CT molecular complexity index is 696. The van der Waals surface area contributed by atoms with Crippen molar-refractivity contribution in [3.05, 3.63) is 35.9 Å². The van der Waals surface area contributed by atoms with Crippen LogP contribution in [0.5, 0.6) is 0 Å². The second kappa shape index (κ2) is 9.42. The average molecular weight is 411 g/mol. The molecule has 0 aromatic heterocycles. The third-order valence-corrected chi connectivity index (χ3v) is 8.94. The maximum atomic E-state index is 12.7. The number of carbonyl (C=O) groups is 1. The Morgan fingerprint density at radius 3 is 2.53 bits per heavy atom. The van der Waals surface area contributed by atoms with Gasteiger partial charge in [-0.05, 0) is 99.0 Å². The van der Waals surface area contributed by atoms with Crippen molar-refractivity contribution < 1.29 is 4.79 Å². The molecule has 3 fully saturated rings. The van der Waals surface area contributed by atoms with Gasteiger partial charge in [0, 0.05) is 12.5 Å². The summed E-state index contributed by atoms with van der Waals surface area (Å²) in [5.41, 5.74) is 8.19. The fraction of sp³-hybridized carbons (Fsp3) is 0.741. The molecule has 3 aliphatic carbocycles. The van der Waals surface area contributed by atoms with E-state index in [4.69, 9.17) is 5.73 Å². The first-order valence-electron chi connectivity index (χ1n) is 12.6. The zero-order valence-electron chi connectivity index (χ0n) is 19.0. The lowest BCUT2D eigenvalue weighted by Gasteiger charge is -2.55. The number of benzene rings is 1. The van der Waals surface area contributed by atoms with E-state index in [2.05, 4.69) is 42.6 Å². The lowest BCUT2D eigenvalue weighted by Crippen LogP contribution is -2.46. The van der Waals surface area contributed by atoms with E-state index in [0.717, 1.165) is 25.8 Å². The molecule has 1 amide bonds. The van der Waals surface area contributed by atoms with Crippen molar-refractivity contribution in [2.75, 3.05) is 6.54 Å². The molecule has 0 radical (unpaired) electrons. The molecule has 1 aromatic carbocycles. The molecular formula is C27H42N2O. The number of rotatable bonds is 7. The third kappa shape index (κ3) is 4.77. The highest BCUT2D eigenvalue weighted by molar-refractivity contribution is 5.76. The van der Waals surface area contributed by atoms with Crippen LogP contribution in [0.3, 0.4) is 0 Å². The Labute approximate surface area is 183 Å². The average Bonchev–Trinajstić information content (AvgIpc) is 2.78. The van der Waals surface area contributed by atoms with Crippen LogP contribution in [0.2, 0.25) is 0 Å². The highest BCUT2D eigenvalue weighted by Gasteiger charge is 2.50. The molecule has 3 heteroatoms. The van der Waals surface area contributed by atoms with Gasteiger partial charge in [-0.3, -0.25) is 4.79 Å². The molecule has 3 atom stereocenters. The molecule has 3 unspecified atom stereocenters. The number of carbonyl (C=O) groups excluding carboxylic acids is 1. The van der Waals surface area contributed by atoms with Gasteiger partial charge in [0.1, 0.15) is 0 Å². The molecule has 0 saturated heterocycles. The summed E-state index contributed by atoms with van der Waals surface area (Å²) >= 11 is 0. The number of nitrogens with one attached hydrogen (secondary N) is 1.